The van der Waals surface area contributed by atoms with Crippen LogP contribution in [0.15, 0.2) is 34.1 Å². The molecule has 0 N–H and O–H groups in total. The summed E-state index contributed by atoms with van der Waals surface area (Å²) in [7, 11) is 1.68. The summed E-state index contributed by atoms with van der Waals surface area (Å²) in [6.07, 6.45) is 0. The lowest BCUT2D eigenvalue weighted by atomic mass is 10.1. The smallest absolute Gasteiger partial charge is 0.118 e. The van der Waals surface area contributed by atoms with Crippen LogP contribution in [0.2, 0.25) is 0 Å². The van der Waals surface area contributed by atoms with Gasteiger partial charge in [-0.2, -0.15) is 0 Å². The molecule has 78 valence electrons. The molecule has 0 saturated heterocycles. The van der Waals surface area contributed by atoms with Crippen LogP contribution in [0.5, 0.6) is 5.75 Å². The maximum atomic E-state index is 5.13. The molecule has 0 saturated carbocycles. The second kappa shape index (κ2) is 4.37. The molecular formula is C12H11BrOS. The number of methoxy groups -OCH3 is 1. The molecule has 0 radical (unpaired) electrons. The van der Waals surface area contributed by atoms with Gasteiger partial charge in [-0.05, 0) is 64.3 Å². The van der Waals surface area contributed by atoms with E-state index in [2.05, 4.69) is 41.1 Å². The molecular weight excluding hydrogens is 272 g/mol. The van der Waals surface area contributed by atoms with Gasteiger partial charge in [-0.3, -0.25) is 0 Å². The molecule has 1 heterocycles. The highest BCUT2D eigenvalue weighted by Crippen LogP contribution is 2.35. The Hall–Kier alpha value is -0.800. The second-order valence-electron chi connectivity index (χ2n) is 3.29. The van der Waals surface area contributed by atoms with Gasteiger partial charge in [-0.15, -0.1) is 11.3 Å². The van der Waals surface area contributed by atoms with Gasteiger partial charge in [0.1, 0.15) is 5.75 Å². The van der Waals surface area contributed by atoms with E-state index in [1.165, 1.54) is 19.8 Å². The van der Waals surface area contributed by atoms with Crippen molar-refractivity contribution in [3.8, 4) is 16.2 Å². The first-order valence-corrected chi connectivity index (χ1v) is 6.22. The lowest BCUT2D eigenvalue weighted by molar-refractivity contribution is 0.415. The van der Waals surface area contributed by atoms with Crippen molar-refractivity contribution >= 4 is 27.3 Å². The van der Waals surface area contributed by atoms with E-state index >= 15 is 0 Å². The predicted molar refractivity (Wildman–Crippen MR) is 68.7 cm³/mol. The molecule has 0 amide bonds. The Morgan fingerprint density at radius 3 is 2.33 bits per heavy atom. The Bertz CT molecular complexity index is 459. The van der Waals surface area contributed by atoms with Gasteiger partial charge in [0.15, 0.2) is 0 Å². The average Bonchev–Trinajstić information content (AvgIpc) is 2.58. The highest BCUT2D eigenvalue weighted by atomic mass is 79.9. The maximum absolute atomic E-state index is 5.13. The molecule has 1 aromatic carbocycles. The second-order valence-corrected chi connectivity index (χ2v) is 5.72. The van der Waals surface area contributed by atoms with Crippen LogP contribution in [0.3, 0.4) is 0 Å². The van der Waals surface area contributed by atoms with Crippen molar-refractivity contribution in [1.82, 2.24) is 0 Å². The third kappa shape index (κ3) is 2.24. The molecule has 0 aliphatic rings. The number of benzene rings is 1. The molecule has 0 aliphatic heterocycles. The topological polar surface area (TPSA) is 9.23 Å². The molecule has 2 aromatic rings. The fraction of sp³-hybridized carbons (Fsp3) is 0.167. The molecule has 1 nitrogen and oxygen atoms in total. The summed E-state index contributed by atoms with van der Waals surface area (Å²) >= 11 is 5.26. The third-order valence-corrected chi connectivity index (χ3v) is 4.03. The fourth-order valence-electron chi connectivity index (χ4n) is 1.47. The largest absolute Gasteiger partial charge is 0.497 e. The molecule has 1 aromatic heterocycles. The summed E-state index contributed by atoms with van der Waals surface area (Å²) in [5.41, 5.74) is 2.54. The van der Waals surface area contributed by atoms with E-state index in [4.69, 9.17) is 4.74 Å². The number of hydrogen-bond donors (Lipinski definition) is 0. The summed E-state index contributed by atoms with van der Waals surface area (Å²) in [4.78, 5) is 1.31. The number of halogens is 1. The monoisotopic (exact) mass is 282 g/mol. The van der Waals surface area contributed by atoms with Crippen molar-refractivity contribution in [3.63, 3.8) is 0 Å². The Morgan fingerprint density at radius 2 is 1.87 bits per heavy atom. The highest BCUT2D eigenvalue weighted by molar-refractivity contribution is 9.11. The number of ether oxygens (including phenoxy) is 1. The first-order valence-electron chi connectivity index (χ1n) is 4.61. The Morgan fingerprint density at radius 1 is 1.20 bits per heavy atom. The first kappa shape index (κ1) is 10.7. The van der Waals surface area contributed by atoms with Gasteiger partial charge in [0.05, 0.1) is 10.9 Å². The Kier molecular flexibility index (Phi) is 3.12. The van der Waals surface area contributed by atoms with Crippen molar-refractivity contribution in [2.24, 2.45) is 0 Å². The van der Waals surface area contributed by atoms with E-state index in [-0.39, 0.29) is 0 Å². The van der Waals surface area contributed by atoms with Crippen LogP contribution in [-0.4, -0.2) is 7.11 Å². The molecule has 3 heteroatoms. The lowest BCUT2D eigenvalue weighted by Gasteiger charge is -2.02. The van der Waals surface area contributed by atoms with Crippen LogP contribution in [-0.2, 0) is 0 Å². The zero-order chi connectivity index (χ0) is 10.8. The molecule has 0 unspecified atom stereocenters. The van der Waals surface area contributed by atoms with Crippen LogP contribution < -0.4 is 4.74 Å². The van der Waals surface area contributed by atoms with Crippen molar-refractivity contribution in [3.05, 3.63) is 39.7 Å². The maximum Gasteiger partial charge on any atom is 0.118 e. The molecule has 0 spiro atoms. The van der Waals surface area contributed by atoms with Gasteiger partial charge >= 0.3 is 0 Å². The molecule has 0 atom stereocenters. The van der Waals surface area contributed by atoms with E-state index in [1.54, 1.807) is 18.4 Å². The van der Waals surface area contributed by atoms with Gasteiger partial charge in [0.2, 0.25) is 0 Å². The molecule has 0 aliphatic carbocycles. The van der Waals surface area contributed by atoms with Crippen LogP contribution in [0, 0.1) is 6.92 Å². The minimum absolute atomic E-state index is 0.895. The number of aryl methyl sites for hydroxylation is 1. The van der Waals surface area contributed by atoms with Crippen LogP contribution >= 0.6 is 27.3 Å². The van der Waals surface area contributed by atoms with Crippen molar-refractivity contribution in [2.45, 2.75) is 6.92 Å². The summed E-state index contributed by atoms with van der Waals surface area (Å²) in [6.45, 7) is 2.13. The van der Waals surface area contributed by atoms with E-state index in [1.807, 2.05) is 12.1 Å². The number of rotatable bonds is 2. The van der Waals surface area contributed by atoms with Crippen LogP contribution in [0.4, 0.5) is 0 Å². The van der Waals surface area contributed by atoms with E-state index < -0.39 is 0 Å². The van der Waals surface area contributed by atoms with Gasteiger partial charge in [0, 0.05) is 4.88 Å². The van der Waals surface area contributed by atoms with Gasteiger partial charge < -0.3 is 4.74 Å². The Balaban J connectivity index is 2.41. The summed E-state index contributed by atoms with van der Waals surface area (Å²) in [5, 5.41) is 0. The van der Waals surface area contributed by atoms with Crippen LogP contribution in [0.25, 0.3) is 10.4 Å². The lowest BCUT2D eigenvalue weighted by Crippen LogP contribution is -1.82. The highest BCUT2D eigenvalue weighted by Gasteiger charge is 2.06. The molecule has 15 heavy (non-hydrogen) atoms. The van der Waals surface area contributed by atoms with Gasteiger partial charge in [0.25, 0.3) is 0 Å². The molecule has 0 fully saturated rings. The van der Waals surface area contributed by atoms with Crippen molar-refractivity contribution in [2.75, 3.05) is 7.11 Å². The first-order chi connectivity index (χ1) is 7.20. The van der Waals surface area contributed by atoms with Crippen molar-refractivity contribution < 1.29 is 4.74 Å². The summed E-state index contributed by atoms with van der Waals surface area (Å²) in [5.74, 6) is 0.895. The summed E-state index contributed by atoms with van der Waals surface area (Å²) in [6, 6.07) is 10.3. The quantitative estimate of drug-likeness (QED) is 0.788. The van der Waals surface area contributed by atoms with Gasteiger partial charge in [-0.25, -0.2) is 0 Å². The fourth-order valence-corrected chi connectivity index (χ4v) is 3.21. The molecule has 2 rings (SSSR count). The summed E-state index contributed by atoms with van der Waals surface area (Å²) < 4.78 is 6.31. The van der Waals surface area contributed by atoms with E-state index in [9.17, 15) is 0 Å². The minimum Gasteiger partial charge on any atom is -0.497 e. The normalized spacial score (nSPS) is 10.3. The average molecular weight is 283 g/mol. The Labute approximate surface area is 102 Å². The number of hydrogen-bond acceptors (Lipinski definition) is 2. The minimum atomic E-state index is 0.895. The van der Waals surface area contributed by atoms with E-state index in [0.29, 0.717) is 0 Å². The standard InChI is InChI=1S/C12H11BrOS/c1-8-7-11(13)15-12(8)9-3-5-10(14-2)6-4-9/h3-7H,1-2H3. The van der Waals surface area contributed by atoms with Gasteiger partial charge in [-0.1, -0.05) is 0 Å². The third-order valence-electron chi connectivity index (χ3n) is 2.24. The van der Waals surface area contributed by atoms with E-state index in [0.717, 1.165) is 5.75 Å². The molecule has 0 bridgehead atoms. The predicted octanol–water partition coefficient (Wildman–Crippen LogP) is 4.49. The van der Waals surface area contributed by atoms with Crippen LogP contribution in [0.1, 0.15) is 5.56 Å². The SMILES string of the molecule is COc1ccc(-c2sc(Br)cc2C)cc1. The van der Waals surface area contributed by atoms with Crippen molar-refractivity contribution in [1.29, 1.82) is 0 Å². The zero-order valence-corrected chi connectivity index (χ0v) is 11.0. The number of thiophene rings is 1. The zero-order valence-electron chi connectivity index (χ0n) is 8.58.